The molecule has 19 heavy (non-hydrogen) atoms. The molecule has 0 aromatic carbocycles. The molecule has 112 valence electrons. The minimum atomic E-state index is -2.82. The molecule has 0 amide bonds. The van der Waals surface area contributed by atoms with E-state index in [-0.39, 0.29) is 18.1 Å². The van der Waals surface area contributed by atoms with E-state index in [1.165, 1.54) is 25.7 Å². The molecule has 1 atom stereocenters. The average Bonchev–Trinajstić information content (AvgIpc) is 2.60. The first-order chi connectivity index (χ1) is 8.96. The van der Waals surface area contributed by atoms with E-state index >= 15 is 0 Å². The molecular formula is C14H27NO3S. The van der Waals surface area contributed by atoms with Gasteiger partial charge in [0.15, 0.2) is 9.84 Å². The summed E-state index contributed by atoms with van der Waals surface area (Å²) < 4.78 is 23.1. The van der Waals surface area contributed by atoms with Gasteiger partial charge in [-0.05, 0) is 26.3 Å². The number of rotatable bonds is 4. The molecule has 0 aromatic heterocycles. The zero-order chi connectivity index (χ0) is 13.9. The summed E-state index contributed by atoms with van der Waals surface area (Å²) in [6.07, 6.45) is 7.82. The molecule has 1 saturated carbocycles. The summed E-state index contributed by atoms with van der Waals surface area (Å²) in [7, 11) is -0.798. The van der Waals surface area contributed by atoms with Gasteiger partial charge in [0.2, 0.25) is 0 Å². The van der Waals surface area contributed by atoms with Crippen molar-refractivity contribution in [3.05, 3.63) is 0 Å². The van der Waals surface area contributed by atoms with Crippen molar-refractivity contribution in [3.8, 4) is 0 Å². The van der Waals surface area contributed by atoms with E-state index in [9.17, 15) is 13.5 Å². The van der Waals surface area contributed by atoms with Gasteiger partial charge in [0, 0.05) is 24.6 Å². The molecule has 1 saturated heterocycles. The summed E-state index contributed by atoms with van der Waals surface area (Å²) in [4.78, 5) is 2.19. The van der Waals surface area contributed by atoms with Crippen molar-refractivity contribution >= 4 is 9.84 Å². The highest BCUT2D eigenvalue weighted by Gasteiger charge is 2.36. The van der Waals surface area contributed by atoms with Crippen molar-refractivity contribution in [2.24, 2.45) is 5.41 Å². The first-order valence-electron chi connectivity index (χ1n) is 7.48. The quantitative estimate of drug-likeness (QED) is 0.796. The maximum atomic E-state index is 11.6. The predicted molar refractivity (Wildman–Crippen MR) is 76.9 cm³/mol. The molecule has 1 aliphatic heterocycles. The smallest absolute Gasteiger partial charge is 0.151 e. The number of hydrogen-bond acceptors (Lipinski definition) is 4. The van der Waals surface area contributed by atoms with Gasteiger partial charge in [-0.2, -0.15) is 0 Å². The summed E-state index contributed by atoms with van der Waals surface area (Å²) >= 11 is 0. The third kappa shape index (κ3) is 3.92. The molecule has 4 nitrogen and oxygen atoms in total. The van der Waals surface area contributed by atoms with Gasteiger partial charge in [-0.25, -0.2) is 8.42 Å². The zero-order valence-corrected chi connectivity index (χ0v) is 12.8. The third-order valence-electron chi connectivity index (χ3n) is 4.92. The van der Waals surface area contributed by atoms with E-state index < -0.39 is 9.84 Å². The highest BCUT2D eigenvalue weighted by molar-refractivity contribution is 7.91. The van der Waals surface area contributed by atoms with Crippen LogP contribution in [0.5, 0.6) is 0 Å². The summed E-state index contributed by atoms with van der Waals surface area (Å²) in [6.45, 7) is 1.07. The summed E-state index contributed by atoms with van der Waals surface area (Å²) in [5, 5.41) is 9.82. The first-order valence-corrected chi connectivity index (χ1v) is 9.30. The van der Waals surface area contributed by atoms with Crippen molar-refractivity contribution in [2.45, 2.75) is 51.0 Å². The number of nitrogens with zero attached hydrogens (tertiary/aromatic N) is 1. The second-order valence-electron chi connectivity index (χ2n) is 6.54. The third-order valence-corrected chi connectivity index (χ3v) is 6.67. The Balaban J connectivity index is 1.97. The van der Waals surface area contributed by atoms with Gasteiger partial charge < -0.3 is 10.0 Å². The highest BCUT2D eigenvalue weighted by atomic mass is 32.2. The van der Waals surface area contributed by atoms with Gasteiger partial charge in [0.1, 0.15) is 0 Å². The zero-order valence-electron chi connectivity index (χ0n) is 12.0. The van der Waals surface area contributed by atoms with Crippen molar-refractivity contribution in [2.75, 3.05) is 31.7 Å². The van der Waals surface area contributed by atoms with E-state index in [2.05, 4.69) is 4.90 Å². The average molecular weight is 289 g/mol. The summed E-state index contributed by atoms with van der Waals surface area (Å²) in [5.74, 6) is 0.624. The maximum absolute atomic E-state index is 11.6. The van der Waals surface area contributed by atoms with Crippen LogP contribution in [0.4, 0.5) is 0 Å². The second-order valence-corrected chi connectivity index (χ2v) is 8.77. The number of aliphatic hydroxyl groups excluding tert-OH is 1. The van der Waals surface area contributed by atoms with Crippen LogP contribution < -0.4 is 0 Å². The Bertz CT molecular complexity index is 385. The molecule has 2 rings (SSSR count). The van der Waals surface area contributed by atoms with Crippen LogP contribution in [-0.4, -0.2) is 56.2 Å². The Morgan fingerprint density at radius 1 is 1.21 bits per heavy atom. The fourth-order valence-corrected chi connectivity index (χ4v) is 5.43. The minimum Gasteiger partial charge on any atom is -0.396 e. The van der Waals surface area contributed by atoms with Gasteiger partial charge >= 0.3 is 0 Å². The number of aliphatic hydroxyl groups is 1. The molecule has 1 aliphatic carbocycles. The lowest BCUT2D eigenvalue weighted by Gasteiger charge is -2.37. The molecule has 2 fully saturated rings. The summed E-state index contributed by atoms with van der Waals surface area (Å²) in [5.41, 5.74) is -0.00238. The van der Waals surface area contributed by atoms with Crippen LogP contribution in [0.25, 0.3) is 0 Å². The molecule has 2 aliphatic rings. The van der Waals surface area contributed by atoms with Crippen molar-refractivity contribution in [1.29, 1.82) is 0 Å². The maximum Gasteiger partial charge on any atom is 0.151 e. The predicted octanol–water partition coefficient (Wildman–Crippen LogP) is 1.44. The normalized spacial score (nSPS) is 30.4. The van der Waals surface area contributed by atoms with Crippen molar-refractivity contribution in [3.63, 3.8) is 0 Å². The number of sulfone groups is 1. The molecule has 5 heteroatoms. The van der Waals surface area contributed by atoms with Crippen LogP contribution in [-0.2, 0) is 9.84 Å². The van der Waals surface area contributed by atoms with E-state index in [1.807, 2.05) is 7.05 Å². The van der Waals surface area contributed by atoms with Crippen LogP contribution >= 0.6 is 0 Å². The van der Waals surface area contributed by atoms with Crippen LogP contribution in [0.15, 0.2) is 0 Å². The van der Waals surface area contributed by atoms with E-state index in [1.54, 1.807) is 0 Å². The Hall–Kier alpha value is -0.130. The molecule has 0 radical (unpaired) electrons. The summed E-state index contributed by atoms with van der Waals surface area (Å²) in [6, 6.07) is 0.150. The van der Waals surface area contributed by atoms with Crippen LogP contribution in [0.3, 0.4) is 0 Å². The second kappa shape index (κ2) is 6.10. The Kier molecular flexibility index (Phi) is 4.90. The van der Waals surface area contributed by atoms with Gasteiger partial charge in [-0.15, -0.1) is 0 Å². The lowest BCUT2D eigenvalue weighted by molar-refractivity contribution is 0.0572. The fraction of sp³-hybridized carbons (Fsp3) is 1.00. The van der Waals surface area contributed by atoms with Gasteiger partial charge in [-0.1, -0.05) is 25.7 Å². The van der Waals surface area contributed by atoms with Gasteiger partial charge in [0.05, 0.1) is 11.5 Å². The standard InChI is InChI=1S/C14H27NO3S/c1-15(13-6-9-19(17,18)10-13)11-14(12-16)7-4-2-3-5-8-14/h13,16H,2-12H2,1H3. The molecule has 0 bridgehead atoms. The molecule has 0 spiro atoms. The first kappa shape index (κ1) is 15.3. The topological polar surface area (TPSA) is 57.6 Å². The van der Waals surface area contributed by atoms with Crippen LogP contribution in [0.2, 0.25) is 0 Å². The highest BCUT2D eigenvalue weighted by Crippen LogP contribution is 2.36. The largest absolute Gasteiger partial charge is 0.396 e. The molecule has 1 heterocycles. The van der Waals surface area contributed by atoms with E-state index in [0.29, 0.717) is 11.5 Å². The van der Waals surface area contributed by atoms with Crippen LogP contribution in [0.1, 0.15) is 44.9 Å². The van der Waals surface area contributed by atoms with Crippen molar-refractivity contribution < 1.29 is 13.5 Å². The lowest BCUT2D eigenvalue weighted by Crippen LogP contribution is -2.43. The fourth-order valence-electron chi connectivity index (χ4n) is 3.63. The number of hydrogen-bond donors (Lipinski definition) is 1. The van der Waals surface area contributed by atoms with E-state index in [0.717, 1.165) is 25.8 Å². The Morgan fingerprint density at radius 3 is 2.32 bits per heavy atom. The Labute approximate surface area is 117 Å². The lowest BCUT2D eigenvalue weighted by atomic mass is 9.80. The van der Waals surface area contributed by atoms with Crippen molar-refractivity contribution in [1.82, 2.24) is 4.90 Å². The monoisotopic (exact) mass is 289 g/mol. The SMILES string of the molecule is CN(CC1(CO)CCCCCC1)C1CCS(=O)(=O)C1. The van der Waals surface area contributed by atoms with Crippen LogP contribution in [0, 0.1) is 5.41 Å². The Morgan fingerprint density at radius 2 is 1.84 bits per heavy atom. The van der Waals surface area contributed by atoms with E-state index in [4.69, 9.17) is 0 Å². The molecule has 0 aromatic rings. The molecule has 1 N–H and O–H groups in total. The molecular weight excluding hydrogens is 262 g/mol. The van der Waals surface area contributed by atoms with Gasteiger partial charge in [-0.3, -0.25) is 0 Å². The minimum absolute atomic E-state index is 0.00238. The van der Waals surface area contributed by atoms with Gasteiger partial charge in [0.25, 0.3) is 0 Å². The molecule has 1 unspecified atom stereocenters.